The lowest BCUT2D eigenvalue weighted by atomic mass is 10.1. The molecule has 0 aromatic rings. The minimum atomic E-state index is -0.234. The highest BCUT2D eigenvalue weighted by molar-refractivity contribution is 6.48. The van der Waals surface area contributed by atoms with Crippen LogP contribution < -0.4 is 0 Å². The summed E-state index contributed by atoms with van der Waals surface area (Å²) in [7, 11) is 0. The van der Waals surface area contributed by atoms with Gasteiger partial charge in [-0.25, -0.2) is 0 Å². The number of carbonyl (C=O) groups is 1. The number of unbranched alkanes of at least 4 members (excludes halogenated alkanes) is 2. The molecule has 0 radical (unpaired) electrons. The van der Waals surface area contributed by atoms with Gasteiger partial charge in [-0.2, -0.15) is 0 Å². The molecule has 64 valence electrons. The van der Waals surface area contributed by atoms with Crippen LogP contribution in [-0.2, 0) is 4.79 Å². The maximum Gasteiger partial charge on any atom is 0.190 e. The third-order valence-corrected chi connectivity index (χ3v) is 1.73. The van der Waals surface area contributed by atoms with Gasteiger partial charge in [0.2, 0.25) is 0 Å². The summed E-state index contributed by atoms with van der Waals surface area (Å²) in [5.74, 6) is -0.284. The molecule has 3 heteroatoms. The standard InChI is InChI=1S/C8H14ClNO/c1-2-3-4-5-7(10)8(11)6-9/h10H,2-6H2,1H3. The van der Waals surface area contributed by atoms with Gasteiger partial charge in [0.05, 0.1) is 11.6 Å². The van der Waals surface area contributed by atoms with E-state index in [1.807, 2.05) is 0 Å². The minimum absolute atomic E-state index is 0.0506. The largest absolute Gasteiger partial charge is 0.302 e. The first-order valence-electron chi connectivity index (χ1n) is 3.89. The van der Waals surface area contributed by atoms with E-state index in [0.717, 1.165) is 19.3 Å². The fourth-order valence-corrected chi connectivity index (χ4v) is 0.933. The van der Waals surface area contributed by atoms with Crippen LogP contribution in [0.1, 0.15) is 32.6 Å². The topological polar surface area (TPSA) is 40.9 Å². The van der Waals surface area contributed by atoms with E-state index < -0.39 is 0 Å². The summed E-state index contributed by atoms with van der Waals surface area (Å²) in [6.07, 6.45) is 3.71. The van der Waals surface area contributed by atoms with Crippen LogP contribution in [-0.4, -0.2) is 17.4 Å². The Bertz CT molecular complexity index is 145. The van der Waals surface area contributed by atoms with Crippen LogP contribution in [0.25, 0.3) is 0 Å². The summed E-state index contributed by atoms with van der Waals surface area (Å²) in [6.45, 7) is 2.09. The number of hydrogen-bond acceptors (Lipinski definition) is 2. The molecule has 0 saturated carbocycles. The third-order valence-electron chi connectivity index (χ3n) is 1.49. The smallest absolute Gasteiger partial charge is 0.190 e. The van der Waals surface area contributed by atoms with Crippen molar-refractivity contribution in [3.63, 3.8) is 0 Å². The summed E-state index contributed by atoms with van der Waals surface area (Å²) in [6, 6.07) is 0. The number of nitrogens with one attached hydrogen (secondary N) is 1. The fourth-order valence-electron chi connectivity index (χ4n) is 0.772. The predicted molar refractivity (Wildman–Crippen MR) is 47.6 cm³/mol. The first kappa shape index (κ1) is 10.6. The van der Waals surface area contributed by atoms with Crippen molar-refractivity contribution < 1.29 is 4.79 Å². The van der Waals surface area contributed by atoms with Gasteiger partial charge >= 0.3 is 0 Å². The number of alkyl halides is 1. The molecule has 0 aliphatic carbocycles. The van der Waals surface area contributed by atoms with E-state index in [-0.39, 0.29) is 17.4 Å². The zero-order valence-corrected chi connectivity index (χ0v) is 7.58. The average molecular weight is 176 g/mol. The van der Waals surface area contributed by atoms with E-state index in [4.69, 9.17) is 17.0 Å². The lowest BCUT2D eigenvalue weighted by molar-refractivity contribution is -0.111. The van der Waals surface area contributed by atoms with Gasteiger partial charge in [0, 0.05) is 0 Å². The zero-order valence-electron chi connectivity index (χ0n) is 6.82. The van der Waals surface area contributed by atoms with Gasteiger partial charge in [-0.05, 0) is 12.8 Å². The first-order valence-corrected chi connectivity index (χ1v) is 4.42. The van der Waals surface area contributed by atoms with Gasteiger partial charge in [-0.15, -0.1) is 11.6 Å². The second kappa shape index (κ2) is 6.35. The lowest BCUT2D eigenvalue weighted by Gasteiger charge is -1.98. The molecule has 0 aliphatic heterocycles. The second-order valence-electron chi connectivity index (χ2n) is 2.49. The summed E-state index contributed by atoms with van der Waals surface area (Å²) in [4.78, 5) is 10.7. The van der Waals surface area contributed by atoms with Gasteiger partial charge in [0.15, 0.2) is 5.78 Å². The molecule has 0 aromatic carbocycles. The highest BCUT2D eigenvalue weighted by Gasteiger charge is 2.05. The molecule has 0 amide bonds. The van der Waals surface area contributed by atoms with Crippen molar-refractivity contribution in [3.8, 4) is 0 Å². The van der Waals surface area contributed by atoms with Crippen molar-refractivity contribution in [1.29, 1.82) is 5.41 Å². The number of carbonyl (C=O) groups excluding carboxylic acids is 1. The van der Waals surface area contributed by atoms with Crippen LogP contribution in [0.15, 0.2) is 0 Å². The molecule has 0 spiro atoms. The Kier molecular flexibility index (Phi) is 6.13. The van der Waals surface area contributed by atoms with Crippen LogP contribution in [0.5, 0.6) is 0 Å². The Balaban J connectivity index is 3.44. The molecule has 0 aliphatic rings. The third kappa shape index (κ3) is 4.96. The molecule has 0 atom stereocenters. The lowest BCUT2D eigenvalue weighted by Crippen LogP contribution is -2.13. The van der Waals surface area contributed by atoms with E-state index >= 15 is 0 Å². The SMILES string of the molecule is CCCCCC(=N)C(=O)CCl. The maximum atomic E-state index is 10.7. The Morgan fingerprint density at radius 3 is 2.55 bits per heavy atom. The van der Waals surface area contributed by atoms with Crippen molar-refractivity contribution in [2.75, 3.05) is 5.88 Å². The number of Topliss-reactive ketones (excluding diaryl/α,β-unsaturated/α-hetero) is 1. The van der Waals surface area contributed by atoms with E-state index in [0.29, 0.717) is 6.42 Å². The van der Waals surface area contributed by atoms with Crippen molar-refractivity contribution in [2.24, 2.45) is 0 Å². The molecule has 0 saturated heterocycles. The molecular weight excluding hydrogens is 162 g/mol. The minimum Gasteiger partial charge on any atom is -0.302 e. The number of ketones is 1. The Labute approximate surface area is 72.4 Å². The molecule has 0 unspecified atom stereocenters. The van der Waals surface area contributed by atoms with Gasteiger partial charge in [-0.3, -0.25) is 4.79 Å². The van der Waals surface area contributed by atoms with Gasteiger partial charge in [0.25, 0.3) is 0 Å². The Hall–Kier alpha value is -0.370. The van der Waals surface area contributed by atoms with E-state index in [1.165, 1.54) is 0 Å². The highest BCUT2D eigenvalue weighted by Crippen LogP contribution is 2.00. The maximum absolute atomic E-state index is 10.7. The molecule has 0 heterocycles. The second-order valence-corrected chi connectivity index (χ2v) is 2.76. The number of rotatable bonds is 6. The van der Waals surface area contributed by atoms with Crippen molar-refractivity contribution >= 4 is 23.1 Å². The predicted octanol–water partition coefficient (Wildman–Crippen LogP) is 2.39. The quantitative estimate of drug-likeness (QED) is 0.376. The fraction of sp³-hybridized carbons (Fsp3) is 0.750. The number of halogens is 1. The van der Waals surface area contributed by atoms with E-state index in [9.17, 15) is 4.79 Å². The van der Waals surface area contributed by atoms with Crippen LogP contribution in [0.4, 0.5) is 0 Å². The van der Waals surface area contributed by atoms with Gasteiger partial charge < -0.3 is 5.41 Å². The number of hydrogen-bond donors (Lipinski definition) is 1. The van der Waals surface area contributed by atoms with E-state index in [2.05, 4.69) is 6.92 Å². The summed E-state index contributed by atoms with van der Waals surface area (Å²) in [5.41, 5.74) is 0.174. The van der Waals surface area contributed by atoms with E-state index in [1.54, 1.807) is 0 Å². The summed E-state index contributed by atoms with van der Waals surface area (Å²) < 4.78 is 0. The van der Waals surface area contributed by atoms with Gasteiger partial charge in [-0.1, -0.05) is 19.8 Å². The Morgan fingerprint density at radius 1 is 1.45 bits per heavy atom. The normalized spacial score (nSPS) is 9.64. The van der Waals surface area contributed by atoms with Crippen LogP contribution in [0, 0.1) is 5.41 Å². The molecule has 11 heavy (non-hydrogen) atoms. The van der Waals surface area contributed by atoms with Crippen LogP contribution in [0.3, 0.4) is 0 Å². The highest BCUT2D eigenvalue weighted by atomic mass is 35.5. The molecule has 0 rings (SSSR count). The molecule has 0 fully saturated rings. The first-order chi connectivity index (χ1) is 5.22. The van der Waals surface area contributed by atoms with Crippen LogP contribution in [0.2, 0.25) is 0 Å². The van der Waals surface area contributed by atoms with Crippen molar-refractivity contribution in [1.82, 2.24) is 0 Å². The molecular formula is C8H14ClNO. The van der Waals surface area contributed by atoms with Crippen molar-refractivity contribution in [3.05, 3.63) is 0 Å². The molecule has 2 nitrogen and oxygen atoms in total. The van der Waals surface area contributed by atoms with Crippen LogP contribution >= 0.6 is 11.6 Å². The molecule has 1 N–H and O–H groups in total. The molecule has 0 aromatic heterocycles. The Morgan fingerprint density at radius 2 is 2.09 bits per heavy atom. The summed E-state index contributed by atoms with van der Waals surface area (Å²) in [5, 5.41) is 7.24. The monoisotopic (exact) mass is 175 g/mol. The van der Waals surface area contributed by atoms with Crippen molar-refractivity contribution in [2.45, 2.75) is 32.6 Å². The summed E-state index contributed by atoms with van der Waals surface area (Å²) >= 11 is 5.27. The zero-order chi connectivity index (χ0) is 8.69. The average Bonchev–Trinajstić information content (AvgIpc) is 2.03. The van der Waals surface area contributed by atoms with Gasteiger partial charge in [0.1, 0.15) is 0 Å². The molecule has 0 bridgehead atoms.